The van der Waals surface area contributed by atoms with Crippen molar-refractivity contribution < 1.29 is 19.2 Å². The van der Waals surface area contributed by atoms with Crippen LogP contribution >= 0.6 is 0 Å². The fourth-order valence-corrected chi connectivity index (χ4v) is 3.52. The lowest BCUT2D eigenvalue weighted by Gasteiger charge is -2.23. The van der Waals surface area contributed by atoms with Crippen molar-refractivity contribution in [2.24, 2.45) is 0 Å². The van der Waals surface area contributed by atoms with E-state index in [-0.39, 0.29) is 37.2 Å². The molecule has 32 heavy (non-hydrogen) atoms. The lowest BCUT2D eigenvalue weighted by molar-refractivity contribution is -0.129. The Balaban J connectivity index is 1.59. The van der Waals surface area contributed by atoms with Gasteiger partial charge < -0.3 is 19.9 Å². The number of nitrogens with zero attached hydrogens (tertiary/aromatic N) is 3. The molecule has 1 aliphatic heterocycles. The first kappa shape index (κ1) is 22.9. The summed E-state index contributed by atoms with van der Waals surface area (Å²) in [5.74, 6) is 0.149. The molecule has 2 N–H and O–H groups in total. The standard InChI is InChI=1S/C23H27N5O4/c1-15-5-4-6-20(25-15)26-23(32)24-12-16-7-9-19-17(11-16)13-28(22(19)31)18(14-29)8-10-21(30)27(2)3/h4-7,9,11,14,18H,8,10,12-13H2,1-3H3,(H2,24,25,26,32). The highest BCUT2D eigenvalue weighted by Crippen LogP contribution is 2.26. The number of hydrogen-bond acceptors (Lipinski definition) is 5. The molecule has 9 heteroatoms. The number of pyridine rings is 1. The van der Waals surface area contributed by atoms with Gasteiger partial charge in [-0.1, -0.05) is 18.2 Å². The summed E-state index contributed by atoms with van der Waals surface area (Å²) in [5, 5.41) is 5.45. The van der Waals surface area contributed by atoms with Gasteiger partial charge >= 0.3 is 6.03 Å². The van der Waals surface area contributed by atoms with Crippen molar-refractivity contribution in [2.75, 3.05) is 19.4 Å². The van der Waals surface area contributed by atoms with E-state index in [1.165, 1.54) is 9.80 Å². The fourth-order valence-electron chi connectivity index (χ4n) is 3.52. The summed E-state index contributed by atoms with van der Waals surface area (Å²) in [7, 11) is 3.31. The molecule has 0 saturated carbocycles. The highest BCUT2D eigenvalue weighted by molar-refractivity contribution is 5.99. The van der Waals surface area contributed by atoms with Gasteiger partial charge in [0.1, 0.15) is 12.1 Å². The third kappa shape index (κ3) is 5.48. The zero-order valence-corrected chi connectivity index (χ0v) is 18.4. The Morgan fingerprint density at radius 3 is 2.72 bits per heavy atom. The minimum atomic E-state index is -0.659. The molecule has 1 aromatic carbocycles. The summed E-state index contributed by atoms with van der Waals surface area (Å²) in [6.45, 7) is 2.40. The quantitative estimate of drug-likeness (QED) is 0.615. The number of hydrogen-bond donors (Lipinski definition) is 2. The lowest BCUT2D eigenvalue weighted by atomic mass is 10.1. The highest BCUT2D eigenvalue weighted by atomic mass is 16.2. The van der Waals surface area contributed by atoms with E-state index in [4.69, 9.17) is 0 Å². The molecule has 0 radical (unpaired) electrons. The van der Waals surface area contributed by atoms with Crippen LogP contribution in [0.15, 0.2) is 36.4 Å². The van der Waals surface area contributed by atoms with Crippen molar-refractivity contribution in [1.82, 2.24) is 20.1 Å². The predicted octanol–water partition coefficient (Wildman–Crippen LogP) is 2.10. The number of aryl methyl sites for hydroxylation is 1. The molecule has 0 fully saturated rings. The van der Waals surface area contributed by atoms with Gasteiger partial charge in [-0.3, -0.25) is 14.9 Å². The van der Waals surface area contributed by atoms with Crippen molar-refractivity contribution >= 4 is 29.9 Å². The monoisotopic (exact) mass is 437 g/mol. The third-order valence-electron chi connectivity index (χ3n) is 5.29. The minimum absolute atomic E-state index is 0.0893. The molecule has 4 amide bonds. The van der Waals surface area contributed by atoms with E-state index in [0.717, 1.165) is 23.1 Å². The highest BCUT2D eigenvalue weighted by Gasteiger charge is 2.32. The Kier molecular flexibility index (Phi) is 7.19. The Morgan fingerprint density at radius 1 is 1.25 bits per heavy atom. The lowest BCUT2D eigenvalue weighted by Crippen LogP contribution is -2.37. The summed E-state index contributed by atoms with van der Waals surface area (Å²) in [6, 6.07) is 9.65. The average molecular weight is 438 g/mol. The minimum Gasteiger partial charge on any atom is -0.349 e. The molecule has 1 atom stereocenters. The molecule has 1 unspecified atom stereocenters. The van der Waals surface area contributed by atoms with Gasteiger partial charge in [0.25, 0.3) is 5.91 Å². The molecule has 0 spiro atoms. The molecule has 1 aliphatic rings. The number of carbonyl (C=O) groups is 4. The molecule has 2 aromatic rings. The smallest absolute Gasteiger partial charge is 0.320 e. The maximum atomic E-state index is 12.8. The number of amides is 4. The van der Waals surface area contributed by atoms with E-state index in [1.54, 1.807) is 32.3 Å². The van der Waals surface area contributed by atoms with Gasteiger partial charge in [0.2, 0.25) is 5.91 Å². The van der Waals surface area contributed by atoms with Gasteiger partial charge in [-0.25, -0.2) is 9.78 Å². The normalized spacial score (nSPS) is 13.3. The topological polar surface area (TPSA) is 112 Å². The van der Waals surface area contributed by atoms with Gasteiger partial charge in [0.05, 0.1) is 6.04 Å². The second-order valence-electron chi connectivity index (χ2n) is 7.93. The molecule has 168 valence electrons. The van der Waals surface area contributed by atoms with Crippen molar-refractivity contribution in [2.45, 2.75) is 38.9 Å². The van der Waals surface area contributed by atoms with Gasteiger partial charge in [0.15, 0.2) is 0 Å². The van der Waals surface area contributed by atoms with E-state index >= 15 is 0 Å². The maximum absolute atomic E-state index is 12.8. The first-order valence-electron chi connectivity index (χ1n) is 10.3. The number of carbonyl (C=O) groups excluding carboxylic acids is 4. The Morgan fingerprint density at radius 2 is 2.03 bits per heavy atom. The van der Waals surface area contributed by atoms with E-state index in [2.05, 4.69) is 15.6 Å². The van der Waals surface area contributed by atoms with E-state index in [1.807, 2.05) is 25.1 Å². The van der Waals surface area contributed by atoms with Crippen molar-refractivity contribution in [3.63, 3.8) is 0 Å². The molecule has 0 saturated heterocycles. The van der Waals surface area contributed by atoms with Crippen LogP contribution in [0.1, 0.15) is 40.0 Å². The second-order valence-corrected chi connectivity index (χ2v) is 7.93. The molecule has 0 bridgehead atoms. The molecule has 9 nitrogen and oxygen atoms in total. The SMILES string of the molecule is Cc1cccc(NC(=O)NCc2ccc3c(c2)CN(C(C=O)CCC(=O)N(C)C)C3=O)n1. The second kappa shape index (κ2) is 10.0. The number of urea groups is 1. The number of fused-ring (bicyclic) bond motifs is 1. The molecule has 2 heterocycles. The van der Waals surface area contributed by atoms with Crippen LogP contribution in [0, 0.1) is 6.92 Å². The molecule has 1 aromatic heterocycles. The van der Waals surface area contributed by atoms with Crippen LogP contribution in [0.4, 0.5) is 10.6 Å². The van der Waals surface area contributed by atoms with Crippen LogP contribution in [-0.4, -0.2) is 59.1 Å². The van der Waals surface area contributed by atoms with E-state index in [9.17, 15) is 19.2 Å². The first-order valence-corrected chi connectivity index (χ1v) is 10.3. The van der Waals surface area contributed by atoms with Gasteiger partial charge in [-0.05, 0) is 42.7 Å². The largest absolute Gasteiger partial charge is 0.349 e. The van der Waals surface area contributed by atoms with Crippen LogP contribution in [0.5, 0.6) is 0 Å². The zero-order chi connectivity index (χ0) is 23.3. The number of rotatable bonds is 8. The van der Waals surface area contributed by atoms with Crippen LogP contribution in [-0.2, 0) is 22.7 Å². The number of aromatic nitrogens is 1. The summed E-state index contributed by atoms with van der Waals surface area (Å²) >= 11 is 0. The number of aldehydes is 1. The molecular formula is C23H27N5O4. The Bertz CT molecular complexity index is 1040. The number of nitrogens with one attached hydrogen (secondary N) is 2. The van der Waals surface area contributed by atoms with Crippen molar-refractivity contribution in [1.29, 1.82) is 0 Å². The number of anilines is 1. The van der Waals surface area contributed by atoms with E-state index in [0.29, 0.717) is 17.9 Å². The summed E-state index contributed by atoms with van der Waals surface area (Å²) in [6.07, 6.45) is 1.19. The number of benzene rings is 1. The first-order chi connectivity index (χ1) is 15.3. The summed E-state index contributed by atoms with van der Waals surface area (Å²) in [4.78, 5) is 55.5. The maximum Gasteiger partial charge on any atom is 0.320 e. The van der Waals surface area contributed by atoms with Gasteiger partial charge in [-0.2, -0.15) is 0 Å². The van der Waals surface area contributed by atoms with Crippen molar-refractivity contribution in [3.05, 3.63) is 58.8 Å². The van der Waals surface area contributed by atoms with Crippen LogP contribution in [0.2, 0.25) is 0 Å². The fraction of sp³-hybridized carbons (Fsp3) is 0.348. The van der Waals surface area contributed by atoms with Crippen LogP contribution < -0.4 is 10.6 Å². The van der Waals surface area contributed by atoms with Gasteiger partial charge in [-0.15, -0.1) is 0 Å². The van der Waals surface area contributed by atoms with Crippen LogP contribution in [0.3, 0.4) is 0 Å². The summed E-state index contributed by atoms with van der Waals surface area (Å²) < 4.78 is 0. The van der Waals surface area contributed by atoms with E-state index < -0.39 is 6.04 Å². The third-order valence-corrected chi connectivity index (χ3v) is 5.29. The molecular weight excluding hydrogens is 410 g/mol. The summed E-state index contributed by atoms with van der Waals surface area (Å²) in [5.41, 5.74) is 2.96. The Hall–Kier alpha value is -3.75. The Labute approximate surface area is 186 Å². The zero-order valence-electron chi connectivity index (χ0n) is 18.4. The molecule has 0 aliphatic carbocycles. The predicted molar refractivity (Wildman–Crippen MR) is 119 cm³/mol. The van der Waals surface area contributed by atoms with Crippen LogP contribution in [0.25, 0.3) is 0 Å². The average Bonchev–Trinajstić information content (AvgIpc) is 3.08. The van der Waals surface area contributed by atoms with Crippen molar-refractivity contribution in [3.8, 4) is 0 Å². The molecule has 3 rings (SSSR count). The van der Waals surface area contributed by atoms with Gasteiger partial charge in [0, 0.05) is 44.9 Å².